The van der Waals surface area contributed by atoms with Crippen LogP contribution in [-0.4, -0.2) is 32.2 Å². The number of esters is 1. The maximum atomic E-state index is 12.7. The summed E-state index contributed by atoms with van der Waals surface area (Å²) in [5, 5.41) is 0. The van der Waals surface area contributed by atoms with Crippen molar-refractivity contribution in [1.29, 1.82) is 0 Å². The van der Waals surface area contributed by atoms with Gasteiger partial charge in [-0.1, -0.05) is 0 Å². The third kappa shape index (κ3) is 4.03. The number of likely N-dealkylation sites (N-methyl/N-ethyl adjacent to an activating group) is 1. The number of hydrogen-bond acceptors (Lipinski definition) is 4. The highest BCUT2D eigenvalue weighted by Gasteiger charge is 2.16. The average Bonchev–Trinajstić information content (AvgIpc) is 2.30. The number of rotatable bonds is 5. The molecule has 0 heterocycles. The molecule has 1 atom stereocenters. The topological polar surface area (TPSA) is 55.6 Å². The quantitative estimate of drug-likeness (QED) is 0.784. The number of benzene rings is 1. The van der Waals surface area contributed by atoms with Crippen LogP contribution in [0.1, 0.15) is 6.92 Å². The van der Waals surface area contributed by atoms with Gasteiger partial charge in [0.15, 0.2) is 0 Å². The van der Waals surface area contributed by atoms with E-state index < -0.39 is 12.0 Å². The number of anilines is 1. The molecule has 2 N–H and O–H groups in total. The van der Waals surface area contributed by atoms with Crippen molar-refractivity contribution in [3.63, 3.8) is 0 Å². The number of hydrogen-bond donors (Lipinski definition) is 1. The number of nitrogens with zero attached hydrogens (tertiary/aromatic N) is 1. The van der Waals surface area contributed by atoms with Crippen molar-refractivity contribution < 1.29 is 13.9 Å². The van der Waals surface area contributed by atoms with Gasteiger partial charge in [0.2, 0.25) is 0 Å². The minimum Gasteiger partial charge on any atom is -0.465 e. The molecule has 0 aromatic heterocycles. The summed E-state index contributed by atoms with van der Waals surface area (Å²) in [7, 11) is 1.78. The molecule has 5 heteroatoms. The molecular weight excluding hydrogens is 223 g/mol. The van der Waals surface area contributed by atoms with E-state index >= 15 is 0 Å². The number of nitrogens with two attached hydrogens (primary N) is 1. The molecule has 0 saturated heterocycles. The van der Waals surface area contributed by atoms with Crippen molar-refractivity contribution in [2.45, 2.75) is 13.0 Å². The van der Waals surface area contributed by atoms with E-state index in [-0.39, 0.29) is 5.82 Å². The maximum Gasteiger partial charge on any atom is 0.324 e. The first kappa shape index (κ1) is 13.4. The van der Waals surface area contributed by atoms with Crippen LogP contribution in [0.5, 0.6) is 0 Å². The Morgan fingerprint density at radius 1 is 1.47 bits per heavy atom. The molecule has 0 fully saturated rings. The second-order valence-corrected chi connectivity index (χ2v) is 3.72. The minimum atomic E-state index is -0.704. The molecule has 4 nitrogen and oxygen atoms in total. The van der Waals surface area contributed by atoms with Crippen LogP contribution in [0.4, 0.5) is 10.1 Å². The molecular formula is C12H17FN2O2. The van der Waals surface area contributed by atoms with Gasteiger partial charge in [-0.25, -0.2) is 4.39 Å². The third-order valence-corrected chi connectivity index (χ3v) is 2.33. The monoisotopic (exact) mass is 240 g/mol. The van der Waals surface area contributed by atoms with E-state index in [0.29, 0.717) is 13.2 Å². The Balaban J connectivity index is 2.56. The molecule has 0 saturated carbocycles. The lowest BCUT2D eigenvalue weighted by Gasteiger charge is -2.22. The van der Waals surface area contributed by atoms with Crippen LogP contribution in [0.2, 0.25) is 0 Å². The third-order valence-electron chi connectivity index (χ3n) is 2.33. The van der Waals surface area contributed by atoms with Crippen molar-refractivity contribution in [3.8, 4) is 0 Å². The van der Waals surface area contributed by atoms with Crippen LogP contribution in [-0.2, 0) is 9.53 Å². The van der Waals surface area contributed by atoms with Crippen LogP contribution >= 0.6 is 0 Å². The van der Waals surface area contributed by atoms with E-state index in [2.05, 4.69) is 0 Å². The molecule has 0 aliphatic carbocycles. The minimum absolute atomic E-state index is 0.295. The molecule has 94 valence electrons. The van der Waals surface area contributed by atoms with E-state index in [1.807, 2.05) is 0 Å². The Morgan fingerprint density at radius 2 is 2.06 bits per heavy atom. The van der Waals surface area contributed by atoms with E-state index in [1.165, 1.54) is 12.1 Å². The Labute approximate surface area is 100 Å². The number of carbonyl (C=O) groups is 1. The van der Waals surface area contributed by atoms with Crippen LogP contribution in [0.15, 0.2) is 24.3 Å². The van der Waals surface area contributed by atoms with Gasteiger partial charge >= 0.3 is 5.97 Å². The maximum absolute atomic E-state index is 12.7. The Hall–Kier alpha value is -1.62. The highest BCUT2D eigenvalue weighted by Crippen LogP contribution is 2.13. The second-order valence-electron chi connectivity index (χ2n) is 3.72. The molecule has 1 rings (SSSR count). The predicted octanol–water partition coefficient (Wildman–Crippen LogP) is 1.15. The molecule has 1 unspecified atom stereocenters. The molecule has 0 aliphatic rings. The summed E-state index contributed by atoms with van der Waals surface area (Å²) in [5.74, 6) is -0.724. The molecule has 0 aliphatic heterocycles. The first-order valence-electron chi connectivity index (χ1n) is 5.43. The largest absolute Gasteiger partial charge is 0.465 e. The predicted molar refractivity (Wildman–Crippen MR) is 64.3 cm³/mol. The number of ether oxygens (including phenoxy) is 1. The van der Waals surface area contributed by atoms with Gasteiger partial charge < -0.3 is 15.4 Å². The van der Waals surface area contributed by atoms with Gasteiger partial charge in [0.05, 0.1) is 6.61 Å². The Kier molecular flexibility index (Phi) is 4.90. The summed E-state index contributed by atoms with van der Waals surface area (Å²) in [5.41, 5.74) is 6.48. The fourth-order valence-electron chi connectivity index (χ4n) is 1.42. The molecule has 0 spiro atoms. The highest BCUT2D eigenvalue weighted by atomic mass is 19.1. The second kappa shape index (κ2) is 6.20. The first-order valence-corrected chi connectivity index (χ1v) is 5.43. The Morgan fingerprint density at radius 3 is 2.59 bits per heavy atom. The van der Waals surface area contributed by atoms with Crippen molar-refractivity contribution in [2.75, 3.05) is 25.1 Å². The fourth-order valence-corrected chi connectivity index (χ4v) is 1.42. The highest BCUT2D eigenvalue weighted by molar-refractivity contribution is 5.76. The van der Waals surface area contributed by atoms with Crippen molar-refractivity contribution in [1.82, 2.24) is 0 Å². The molecule has 1 aromatic rings. The summed E-state index contributed by atoms with van der Waals surface area (Å²) >= 11 is 0. The van der Waals surface area contributed by atoms with Gasteiger partial charge in [-0.2, -0.15) is 0 Å². The molecule has 17 heavy (non-hydrogen) atoms. The van der Waals surface area contributed by atoms with Gasteiger partial charge in [-0.15, -0.1) is 0 Å². The summed E-state index contributed by atoms with van der Waals surface area (Å²) in [6.45, 7) is 2.37. The lowest BCUT2D eigenvalue weighted by molar-refractivity contribution is -0.144. The average molecular weight is 240 g/mol. The van der Waals surface area contributed by atoms with Crippen molar-refractivity contribution in [2.24, 2.45) is 5.73 Å². The molecule has 0 radical (unpaired) electrons. The summed E-state index contributed by atoms with van der Waals surface area (Å²) in [6, 6.07) is 5.29. The number of carbonyl (C=O) groups excluding carboxylic acids is 1. The zero-order chi connectivity index (χ0) is 12.8. The molecule has 0 amide bonds. The van der Waals surface area contributed by atoms with E-state index in [1.54, 1.807) is 31.0 Å². The van der Waals surface area contributed by atoms with Gasteiger partial charge in [-0.3, -0.25) is 4.79 Å². The smallest absolute Gasteiger partial charge is 0.324 e. The SMILES string of the molecule is CCOC(=O)C(N)CN(C)c1ccc(F)cc1. The van der Waals surface area contributed by atoms with Crippen LogP contribution in [0.3, 0.4) is 0 Å². The fraction of sp³-hybridized carbons (Fsp3) is 0.417. The lowest BCUT2D eigenvalue weighted by Crippen LogP contribution is -2.42. The lowest BCUT2D eigenvalue weighted by atomic mass is 10.2. The van der Waals surface area contributed by atoms with Gasteiger partial charge in [0.25, 0.3) is 0 Å². The van der Waals surface area contributed by atoms with E-state index in [4.69, 9.17) is 10.5 Å². The molecule has 1 aromatic carbocycles. The van der Waals surface area contributed by atoms with E-state index in [0.717, 1.165) is 5.69 Å². The van der Waals surface area contributed by atoms with Gasteiger partial charge in [-0.05, 0) is 31.2 Å². The zero-order valence-corrected chi connectivity index (χ0v) is 10.0. The summed E-state index contributed by atoms with van der Waals surface area (Å²) in [6.07, 6.45) is 0. The van der Waals surface area contributed by atoms with E-state index in [9.17, 15) is 9.18 Å². The number of halogens is 1. The van der Waals surface area contributed by atoms with Crippen LogP contribution in [0.25, 0.3) is 0 Å². The standard InChI is InChI=1S/C12H17FN2O2/c1-3-17-12(16)11(14)8-15(2)10-6-4-9(13)5-7-10/h4-7,11H,3,8,14H2,1-2H3. The summed E-state index contributed by atoms with van der Waals surface area (Å²) in [4.78, 5) is 13.1. The van der Waals surface area contributed by atoms with Crippen molar-refractivity contribution in [3.05, 3.63) is 30.1 Å². The van der Waals surface area contributed by atoms with Crippen LogP contribution < -0.4 is 10.6 Å². The van der Waals surface area contributed by atoms with Crippen molar-refractivity contribution >= 4 is 11.7 Å². The van der Waals surface area contributed by atoms with Gasteiger partial charge in [0.1, 0.15) is 11.9 Å². The first-order chi connectivity index (χ1) is 8.04. The normalized spacial score (nSPS) is 12.0. The molecule has 0 bridgehead atoms. The summed E-state index contributed by atoms with van der Waals surface area (Å²) < 4.78 is 17.5. The Bertz CT molecular complexity index is 367. The zero-order valence-electron chi connectivity index (χ0n) is 10.0. The van der Waals surface area contributed by atoms with Crippen LogP contribution in [0, 0.1) is 5.82 Å². The van der Waals surface area contributed by atoms with Gasteiger partial charge in [0, 0.05) is 19.3 Å².